The second kappa shape index (κ2) is 5.32. The Labute approximate surface area is 127 Å². The molecule has 0 radical (unpaired) electrons. The highest BCUT2D eigenvalue weighted by atomic mass is 32.1. The molecule has 1 N–H and O–H groups in total. The third kappa shape index (κ3) is 2.30. The summed E-state index contributed by atoms with van der Waals surface area (Å²) >= 11 is 3.85. The number of aryl methyl sites for hydroxylation is 2. The summed E-state index contributed by atoms with van der Waals surface area (Å²) in [5.74, 6) is 0. The van der Waals surface area contributed by atoms with E-state index < -0.39 is 0 Å². The van der Waals surface area contributed by atoms with E-state index in [4.69, 9.17) is 0 Å². The molecule has 1 aromatic carbocycles. The molecular weight excluding hydrogens is 282 g/mol. The average molecular weight is 299 g/mol. The molecule has 0 saturated heterocycles. The Hall–Kier alpha value is -1.16. The first kappa shape index (κ1) is 12.6. The molecule has 1 aliphatic carbocycles. The third-order valence-electron chi connectivity index (χ3n) is 3.97. The largest absolute Gasteiger partial charge is 0.308 e. The minimum atomic E-state index is 0.965. The van der Waals surface area contributed by atoms with Crippen molar-refractivity contribution in [3.8, 4) is 0 Å². The van der Waals surface area contributed by atoms with Crippen molar-refractivity contribution in [1.82, 2.24) is 5.32 Å². The number of hydrogen-bond donors (Lipinski definition) is 1. The van der Waals surface area contributed by atoms with Gasteiger partial charge in [-0.05, 0) is 53.3 Å². The predicted octanol–water partition coefficient (Wildman–Crippen LogP) is 4.74. The molecule has 3 aromatic rings. The molecule has 2 aromatic heterocycles. The standard InChI is InChI=1S/C17H17NS2/c1-2-6-17-15(5-1)13(11-19-17)9-18-10-14-8-12-4-3-7-16(12)20-14/h1-2,5-6,8,11,18H,3-4,7,9-10H2. The lowest BCUT2D eigenvalue weighted by atomic mass is 10.2. The van der Waals surface area contributed by atoms with Gasteiger partial charge in [-0.2, -0.15) is 0 Å². The number of benzene rings is 1. The van der Waals surface area contributed by atoms with Gasteiger partial charge in [-0.15, -0.1) is 22.7 Å². The molecule has 0 saturated carbocycles. The maximum Gasteiger partial charge on any atom is 0.0346 e. The molecule has 20 heavy (non-hydrogen) atoms. The van der Waals surface area contributed by atoms with Gasteiger partial charge in [0.15, 0.2) is 0 Å². The van der Waals surface area contributed by atoms with Crippen LogP contribution in [0.4, 0.5) is 0 Å². The average Bonchev–Trinajstić information content (AvgIpc) is 3.13. The van der Waals surface area contributed by atoms with Gasteiger partial charge in [-0.25, -0.2) is 0 Å². The smallest absolute Gasteiger partial charge is 0.0346 e. The van der Waals surface area contributed by atoms with Crippen LogP contribution in [0.25, 0.3) is 10.1 Å². The highest BCUT2D eigenvalue weighted by Crippen LogP contribution is 2.30. The van der Waals surface area contributed by atoms with Crippen molar-refractivity contribution in [3.05, 3.63) is 56.6 Å². The van der Waals surface area contributed by atoms with Crippen LogP contribution in [0.2, 0.25) is 0 Å². The topological polar surface area (TPSA) is 12.0 Å². The molecule has 0 unspecified atom stereocenters. The Bertz CT molecular complexity index is 717. The first-order chi connectivity index (χ1) is 9.90. The molecule has 0 amide bonds. The Morgan fingerprint density at radius 3 is 3.00 bits per heavy atom. The summed E-state index contributed by atoms with van der Waals surface area (Å²) in [6.07, 6.45) is 3.95. The third-order valence-corrected chi connectivity index (χ3v) is 6.22. The van der Waals surface area contributed by atoms with E-state index >= 15 is 0 Å². The summed E-state index contributed by atoms with van der Waals surface area (Å²) in [7, 11) is 0. The molecule has 102 valence electrons. The van der Waals surface area contributed by atoms with Gasteiger partial charge in [-0.1, -0.05) is 18.2 Å². The van der Waals surface area contributed by atoms with Crippen molar-refractivity contribution >= 4 is 32.8 Å². The molecular formula is C17H17NS2. The second-order valence-electron chi connectivity index (χ2n) is 5.38. The number of hydrogen-bond acceptors (Lipinski definition) is 3. The van der Waals surface area contributed by atoms with E-state index in [9.17, 15) is 0 Å². The summed E-state index contributed by atoms with van der Waals surface area (Å²) < 4.78 is 1.39. The van der Waals surface area contributed by atoms with E-state index in [0.717, 1.165) is 13.1 Å². The lowest BCUT2D eigenvalue weighted by Crippen LogP contribution is -2.11. The highest BCUT2D eigenvalue weighted by Gasteiger charge is 2.14. The summed E-state index contributed by atoms with van der Waals surface area (Å²) in [5.41, 5.74) is 3.03. The highest BCUT2D eigenvalue weighted by molar-refractivity contribution is 7.17. The van der Waals surface area contributed by atoms with Crippen LogP contribution in [0.15, 0.2) is 35.7 Å². The Kier molecular flexibility index (Phi) is 3.34. The predicted molar refractivity (Wildman–Crippen MR) is 88.7 cm³/mol. The molecule has 4 rings (SSSR count). The van der Waals surface area contributed by atoms with Gasteiger partial charge in [0.05, 0.1) is 0 Å². The molecule has 1 aliphatic rings. The zero-order chi connectivity index (χ0) is 13.4. The lowest BCUT2D eigenvalue weighted by Gasteiger charge is -2.02. The Balaban J connectivity index is 1.42. The molecule has 3 heteroatoms. The van der Waals surface area contributed by atoms with Gasteiger partial charge in [-0.3, -0.25) is 0 Å². The molecule has 2 heterocycles. The van der Waals surface area contributed by atoms with E-state index in [0.29, 0.717) is 0 Å². The van der Waals surface area contributed by atoms with Crippen molar-refractivity contribution in [2.75, 3.05) is 0 Å². The molecule has 0 aliphatic heterocycles. The number of nitrogens with one attached hydrogen (secondary N) is 1. The van der Waals surface area contributed by atoms with Gasteiger partial charge < -0.3 is 5.32 Å². The summed E-state index contributed by atoms with van der Waals surface area (Å²) in [6.45, 7) is 1.97. The monoisotopic (exact) mass is 299 g/mol. The van der Waals surface area contributed by atoms with Gasteiger partial charge in [0.1, 0.15) is 0 Å². The fourth-order valence-electron chi connectivity index (χ4n) is 2.97. The summed E-state index contributed by atoms with van der Waals surface area (Å²) in [6, 6.07) is 11.1. The number of rotatable bonds is 4. The number of thiophene rings is 2. The van der Waals surface area contributed by atoms with Crippen LogP contribution in [0, 0.1) is 0 Å². The van der Waals surface area contributed by atoms with E-state index in [1.807, 2.05) is 22.7 Å². The van der Waals surface area contributed by atoms with E-state index in [-0.39, 0.29) is 0 Å². The van der Waals surface area contributed by atoms with Crippen LogP contribution in [-0.2, 0) is 25.9 Å². The van der Waals surface area contributed by atoms with Crippen molar-refractivity contribution in [3.63, 3.8) is 0 Å². The van der Waals surface area contributed by atoms with Crippen LogP contribution >= 0.6 is 22.7 Å². The van der Waals surface area contributed by atoms with Crippen molar-refractivity contribution < 1.29 is 0 Å². The van der Waals surface area contributed by atoms with E-state index in [2.05, 4.69) is 41.0 Å². The van der Waals surface area contributed by atoms with Crippen molar-refractivity contribution in [2.45, 2.75) is 32.4 Å². The van der Waals surface area contributed by atoms with Crippen molar-refractivity contribution in [1.29, 1.82) is 0 Å². The van der Waals surface area contributed by atoms with Gasteiger partial charge >= 0.3 is 0 Å². The zero-order valence-electron chi connectivity index (χ0n) is 11.3. The van der Waals surface area contributed by atoms with Crippen LogP contribution < -0.4 is 5.32 Å². The molecule has 0 bridgehead atoms. The molecule has 0 fully saturated rings. The van der Waals surface area contributed by atoms with Crippen LogP contribution in [0.1, 0.15) is 27.3 Å². The Morgan fingerprint density at radius 2 is 2.05 bits per heavy atom. The zero-order valence-corrected chi connectivity index (χ0v) is 12.9. The van der Waals surface area contributed by atoms with Crippen LogP contribution in [-0.4, -0.2) is 0 Å². The molecule has 1 nitrogen and oxygen atoms in total. The van der Waals surface area contributed by atoms with E-state index in [1.54, 1.807) is 10.4 Å². The molecule has 0 spiro atoms. The molecule has 0 atom stereocenters. The van der Waals surface area contributed by atoms with Gasteiger partial charge in [0, 0.05) is 27.5 Å². The van der Waals surface area contributed by atoms with Gasteiger partial charge in [0.25, 0.3) is 0 Å². The quantitative estimate of drug-likeness (QED) is 0.733. The van der Waals surface area contributed by atoms with E-state index in [1.165, 1.54) is 39.8 Å². The maximum atomic E-state index is 3.60. The van der Waals surface area contributed by atoms with Crippen LogP contribution in [0.5, 0.6) is 0 Å². The lowest BCUT2D eigenvalue weighted by molar-refractivity contribution is 0.705. The van der Waals surface area contributed by atoms with Crippen molar-refractivity contribution in [2.24, 2.45) is 0 Å². The minimum absolute atomic E-state index is 0.965. The first-order valence-corrected chi connectivity index (χ1v) is 8.86. The fraction of sp³-hybridized carbons (Fsp3) is 0.294. The Morgan fingerprint density at radius 1 is 1.10 bits per heavy atom. The SMILES string of the molecule is c1ccc2c(CNCc3cc4c(s3)CCC4)csc2c1. The first-order valence-electron chi connectivity index (χ1n) is 7.16. The summed E-state index contributed by atoms with van der Waals surface area (Å²) in [5, 5.41) is 7.29. The minimum Gasteiger partial charge on any atom is -0.308 e. The van der Waals surface area contributed by atoms with Gasteiger partial charge in [0.2, 0.25) is 0 Å². The van der Waals surface area contributed by atoms with Crippen LogP contribution in [0.3, 0.4) is 0 Å². The summed E-state index contributed by atoms with van der Waals surface area (Å²) in [4.78, 5) is 3.12. The second-order valence-corrected chi connectivity index (χ2v) is 7.51. The fourth-order valence-corrected chi connectivity index (χ4v) is 5.16. The maximum absolute atomic E-state index is 3.60. The number of fused-ring (bicyclic) bond motifs is 2. The normalized spacial score (nSPS) is 14.0.